The number of ether oxygens (including phenoxy) is 3. The number of benzene rings is 2. The molecule has 2 aromatic rings. The third-order valence-electron chi connectivity index (χ3n) is 3.79. The fraction of sp³-hybridized carbons (Fsp3) is 0.200. The van der Waals surface area contributed by atoms with E-state index < -0.39 is 17.9 Å². The van der Waals surface area contributed by atoms with Gasteiger partial charge in [-0.3, -0.25) is 0 Å². The summed E-state index contributed by atoms with van der Waals surface area (Å²) in [5, 5.41) is 8.89. The van der Waals surface area contributed by atoms with Crippen LogP contribution >= 0.6 is 0 Å². The first-order valence-electron chi connectivity index (χ1n) is 7.82. The minimum absolute atomic E-state index is 0.240. The molecule has 0 amide bonds. The van der Waals surface area contributed by atoms with Crippen molar-refractivity contribution >= 4 is 24.1 Å². The van der Waals surface area contributed by atoms with Crippen LogP contribution in [-0.4, -0.2) is 37.2 Å². The van der Waals surface area contributed by atoms with Gasteiger partial charge in [-0.25, -0.2) is 9.59 Å². The summed E-state index contributed by atoms with van der Waals surface area (Å²) < 4.78 is 15.2. The molecule has 6 nitrogen and oxygen atoms in total. The number of carboxylic acids is 1. The largest absolute Gasteiger partial charge is 0.478 e. The number of carbonyl (C=O) groups excluding carboxylic acids is 1. The van der Waals surface area contributed by atoms with Crippen molar-refractivity contribution in [2.24, 2.45) is 0 Å². The predicted molar refractivity (Wildman–Crippen MR) is 96.6 cm³/mol. The van der Waals surface area contributed by atoms with Crippen molar-refractivity contribution in [2.45, 2.75) is 12.9 Å². The Kier molecular flexibility index (Phi) is 6.27. The first-order valence-corrected chi connectivity index (χ1v) is 7.82. The monoisotopic (exact) mass is 356 g/mol. The van der Waals surface area contributed by atoms with Crippen LogP contribution in [0.2, 0.25) is 0 Å². The Morgan fingerprint density at radius 1 is 0.846 bits per heavy atom. The van der Waals surface area contributed by atoms with Crippen molar-refractivity contribution in [1.29, 1.82) is 0 Å². The van der Waals surface area contributed by atoms with Gasteiger partial charge in [-0.2, -0.15) is 0 Å². The maximum Gasteiger partial charge on any atom is 0.342 e. The summed E-state index contributed by atoms with van der Waals surface area (Å²) in [5.74, 6) is -2.95. The molecule has 0 fully saturated rings. The molecule has 0 aromatic heterocycles. The molecular formula is C20H20O6. The molecule has 0 aliphatic heterocycles. The van der Waals surface area contributed by atoms with E-state index in [1.807, 2.05) is 12.2 Å². The summed E-state index contributed by atoms with van der Waals surface area (Å²) in [6, 6.07) is 13.4. The Morgan fingerprint density at radius 2 is 1.27 bits per heavy atom. The molecule has 136 valence electrons. The Bertz CT molecular complexity index is 786. The van der Waals surface area contributed by atoms with E-state index in [-0.39, 0.29) is 5.56 Å². The summed E-state index contributed by atoms with van der Waals surface area (Å²) in [5.41, 5.74) is 2.36. The van der Waals surface area contributed by atoms with E-state index in [1.165, 1.54) is 21.1 Å². The van der Waals surface area contributed by atoms with Crippen molar-refractivity contribution in [3.05, 3.63) is 70.8 Å². The van der Waals surface area contributed by atoms with Gasteiger partial charge < -0.3 is 19.3 Å². The molecule has 1 N–H and O–H groups in total. The Labute approximate surface area is 151 Å². The van der Waals surface area contributed by atoms with Gasteiger partial charge in [0.1, 0.15) is 0 Å². The summed E-state index contributed by atoms with van der Waals surface area (Å²) in [7, 11) is 2.77. The third-order valence-corrected chi connectivity index (χ3v) is 3.79. The van der Waals surface area contributed by atoms with Gasteiger partial charge in [0.25, 0.3) is 0 Å². The SMILES string of the molecule is COC(C)(OC)OC(=O)c1ccc(C=Cc2ccc(C(=O)O)cc2)cc1. The average Bonchev–Trinajstić information content (AvgIpc) is 2.66. The lowest BCUT2D eigenvalue weighted by Crippen LogP contribution is -2.35. The molecule has 0 heterocycles. The average molecular weight is 356 g/mol. The molecule has 0 saturated heterocycles. The number of hydrogen-bond acceptors (Lipinski definition) is 5. The van der Waals surface area contributed by atoms with Gasteiger partial charge in [-0.1, -0.05) is 36.4 Å². The maximum atomic E-state index is 12.1. The van der Waals surface area contributed by atoms with Crippen LogP contribution in [0.1, 0.15) is 38.8 Å². The Morgan fingerprint density at radius 3 is 1.65 bits per heavy atom. The van der Waals surface area contributed by atoms with Crippen LogP contribution in [0.5, 0.6) is 0 Å². The van der Waals surface area contributed by atoms with Crippen molar-refractivity contribution in [3.63, 3.8) is 0 Å². The first-order chi connectivity index (χ1) is 12.4. The van der Waals surface area contributed by atoms with E-state index in [9.17, 15) is 9.59 Å². The zero-order valence-electron chi connectivity index (χ0n) is 14.8. The quantitative estimate of drug-likeness (QED) is 0.463. The van der Waals surface area contributed by atoms with Gasteiger partial charge in [-0.15, -0.1) is 0 Å². The minimum Gasteiger partial charge on any atom is -0.478 e. The second-order valence-corrected chi connectivity index (χ2v) is 5.54. The highest BCUT2D eigenvalue weighted by molar-refractivity contribution is 5.90. The lowest BCUT2D eigenvalue weighted by Gasteiger charge is -2.25. The van der Waals surface area contributed by atoms with E-state index in [1.54, 1.807) is 48.5 Å². The summed E-state index contributed by atoms with van der Waals surface area (Å²) in [4.78, 5) is 22.9. The predicted octanol–water partition coefficient (Wildman–Crippen LogP) is 3.68. The number of hydrogen-bond donors (Lipinski definition) is 1. The Balaban J connectivity index is 2.04. The number of rotatable bonds is 7. The van der Waals surface area contributed by atoms with Crippen molar-refractivity contribution in [2.75, 3.05) is 14.2 Å². The summed E-state index contributed by atoms with van der Waals surface area (Å²) in [6.45, 7) is 1.50. The second-order valence-electron chi connectivity index (χ2n) is 5.54. The van der Waals surface area contributed by atoms with E-state index in [4.69, 9.17) is 19.3 Å². The van der Waals surface area contributed by atoms with Crippen LogP contribution in [0.3, 0.4) is 0 Å². The van der Waals surface area contributed by atoms with Crippen LogP contribution in [0.25, 0.3) is 12.2 Å². The smallest absolute Gasteiger partial charge is 0.342 e. The van der Waals surface area contributed by atoms with Gasteiger partial charge in [0.05, 0.1) is 11.1 Å². The van der Waals surface area contributed by atoms with E-state index in [0.717, 1.165) is 11.1 Å². The van der Waals surface area contributed by atoms with Crippen LogP contribution in [0.15, 0.2) is 48.5 Å². The topological polar surface area (TPSA) is 82.1 Å². The van der Waals surface area contributed by atoms with Crippen LogP contribution in [-0.2, 0) is 14.2 Å². The summed E-state index contributed by atoms with van der Waals surface area (Å²) in [6.07, 6.45) is 3.71. The maximum absolute atomic E-state index is 12.1. The van der Waals surface area contributed by atoms with Crippen molar-refractivity contribution < 1.29 is 28.9 Å². The molecule has 0 unspecified atom stereocenters. The fourth-order valence-corrected chi connectivity index (χ4v) is 2.05. The van der Waals surface area contributed by atoms with Crippen LogP contribution in [0.4, 0.5) is 0 Å². The number of carboxylic acid groups (broad SMARTS) is 1. The zero-order chi connectivity index (χ0) is 19.2. The normalized spacial score (nSPS) is 11.5. The highest BCUT2D eigenvalue weighted by atomic mass is 16.9. The second kappa shape index (κ2) is 8.42. The molecule has 0 radical (unpaired) electrons. The lowest BCUT2D eigenvalue weighted by molar-refractivity contribution is -0.323. The van der Waals surface area contributed by atoms with Gasteiger partial charge in [0.2, 0.25) is 0 Å². The molecule has 6 heteroatoms. The number of aromatic carboxylic acids is 1. The fourth-order valence-electron chi connectivity index (χ4n) is 2.05. The van der Waals surface area contributed by atoms with E-state index in [0.29, 0.717) is 5.56 Å². The van der Waals surface area contributed by atoms with Crippen LogP contribution < -0.4 is 0 Å². The molecule has 26 heavy (non-hydrogen) atoms. The molecule has 0 atom stereocenters. The van der Waals surface area contributed by atoms with Gasteiger partial charge in [-0.05, 0) is 35.4 Å². The molecular weight excluding hydrogens is 336 g/mol. The van der Waals surface area contributed by atoms with E-state index >= 15 is 0 Å². The third kappa shape index (κ3) is 5.02. The molecule has 0 aliphatic rings. The van der Waals surface area contributed by atoms with Gasteiger partial charge >= 0.3 is 17.9 Å². The molecule has 0 saturated carbocycles. The van der Waals surface area contributed by atoms with Crippen LogP contribution in [0, 0.1) is 0 Å². The molecule has 0 spiro atoms. The molecule has 0 aliphatic carbocycles. The highest BCUT2D eigenvalue weighted by Gasteiger charge is 2.28. The van der Waals surface area contributed by atoms with Gasteiger partial charge in [0.15, 0.2) is 0 Å². The standard InChI is InChI=1S/C20H20O6/c1-20(24-2,25-3)26-19(23)17-12-8-15(9-13-17)5-4-14-6-10-16(11-7-14)18(21)22/h4-13H,1-3H3,(H,21,22). The van der Waals surface area contributed by atoms with E-state index in [2.05, 4.69) is 0 Å². The van der Waals surface area contributed by atoms with Crippen molar-refractivity contribution in [3.8, 4) is 0 Å². The lowest BCUT2D eigenvalue weighted by atomic mass is 10.1. The number of esters is 1. The Hall–Kier alpha value is -2.96. The number of carbonyl (C=O) groups is 2. The van der Waals surface area contributed by atoms with Gasteiger partial charge in [0, 0.05) is 21.1 Å². The zero-order valence-corrected chi connectivity index (χ0v) is 14.8. The number of methoxy groups -OCH3 is 2. The first kappa shape index (κ1) is 19.4. The minimum atomic E-state index is -1.43. The summed E-state index contributed by atoms with van der Waals surface area (Å²) >= 11 is 0. The molecule has 2 aromatic carbocycles. The van der Waals surface area contributed by atoms with Crippen molar-refractivity contribution in [1.82, 2.24) is 0 Å². The highest BCUT2D eigenvalue weighted by Crippen LogP contribution is 2.16. The molecule has 2 rings (SSSR count). The molecule has 0 bridgehead atoms.